The smallest absolute Gasteiger partial charge is 0.255 e. The van der Waals surface area contributed by atoms with Crippen molar-refractivity contribution in [3.8, 4) is 0 Å². The summed E-state index contributed by atoms with van der Waals surface area (Å²) in [5.74, 6) is -0.604. The first-order valence-electron chi connectivity index (χ1n) is 4.19. The van der Waals surface area contributed by atoms with Gasteiger partial charge in [-0.2, -0.15) is 0 Å². The number of carbonyl (C=O) groups is 2. The Balaban J connectivity index is 4.73. The van der Waals surface area contributed by atoms with Crippen LogP contribution < -0.4 is 5.73 Å². The van der Waals surface area contributed by atoms with Gasteiger partial charge in [-0.1, -0.05) is 30.9 Å². The fourth-order valence-corrected chi connectivity index (χ4v) is 1.23. The van der Waals surface area contributed by atoms with E-state index in [4.69, 9.17) is 5.73 Å². The van der Waals surface area contributed by atoms with Crippen LogP contribution in [0.1, 0.15) is 6.92 Å². The number of hydrogen-bond acceptors (Lipinski definition) is 3. The molecular weight excluding hydrogens is 210 g/mol. The average Bonchev–Trinajstić information content (AvgIpc) is 2.17. The van der Waals surface area contributed by atoms with Gasteiger partial charge in [0, 0.05) is 0 Å². The standard InChI is InChI=1S/C11H13NO2S/c1-3-4-5-6-9(2)7-10(11(12)14)15-8-13/h3-8H,1H2,2H3,(H2,12,14)/b5-4-,9-6+,10-7-. The predicted octanol–water partition coefficient (Wildman–Crippen LogP) is 1.97. The van der Waals surface area contributed by atoms with Crippen LogP contribution in [0.3, 0.4) is 0 Å². The third kappa shape index (κ3) is 6.51. The number of carbonyl (C=O) groups excluding carboxylic acids is 2. The zero-order valence-electron chi connectivity index (χ0n) is 8.47. The zero-order chi connectivity index (χ0) is 11.7. The van der Waals surface area contributed by atoms with Gasteiger partial charge >= 0.3 is 0 Å². The lowest BCUT2D eigenvalue weighted by Crippen LogP contribution is -2.11. The first kappa shape index (κ1) is 13.4. The van der Waals surface area contributed by atoms with Crippen LogP contribution in [0, 0.1) is 0 Å². The minimum absolute atomic E-state index is 0.228. The second kappa shape index (κ2) is 7.82. The van der Waals surface area contributed by atoms with E-state index < -0.39 is 5.91 Å². The molecule has 0 aromatic heterocycles. The molecule has 0 saturated heterocycles. The maximum absolute atomic E-state index is 10.9. The summed E-state index contributed by atoms with van der Waals surface area (Å²) in [7, 11) is 0. The molecule has 0 fully saturated rings. The fourth-order valence-electron chi connectivity index (χ4n) is 0.756. The molecule has 15 heavy (non-hydrogen) atoms. The van der Waals surface area contributed by atoms with Crippen molar-refractivity contribution in [3.63, 3.8) is 0 Å². The first-order chi connectivity index (χ1) is 7.11. The lowest BCUT2D eigenvalue weighted by molar-refractivity contribution is -0.113. The van der Waals surface area contributed by atoms with E-state index in [1.165, 1.54) is 0 Å². The molecule has 0 rings (SSSR count). The van der Waals surface area contributed by atoms with Crippen LogP contribution in [0.5, 0.6) is 0 Å². The van der Waals surface area contributed by atoms with Gasteiger partial charge < -0.3 is 5.73 Å². The van der Waals surface area contributed by atoms with Crippen LogP contribution in [0.4, 0.5) is 0 Å². The van der Waals surface area contributed by atoms with E-state index in [-0.39, 0.29) is 4.91 Å². The van der Waals surface area contributed by atoms with Crippen molar-refractivity contribution in [2.75, 3.05) is 0 Å². The third-order valence-electron chi connectivity index (χ3n) is 1.38. The molecule has 0 radical (unpaired) electrons. The quantitative estimate of drug-likeness (QED) is 0.425. The molecule has 2 N–H and O–H groups in total. The van der Waals surface area contributed by atoms with Crippen molar-refractivity contribution < 1.29 is 9.59 Å². The zero-order valence-corrected chi connectivity index (χ0v) is 9.29. The molecule has 0 aliphatic heterocycles. The van der Waals surface area contributed by atoms with Crippen LogP contribution in [0.2, 0.25) is 0 Å². The number of nitrogens with two attached hydrogens (primary N) is 1. The van der Waals surface area contributed by atoms with Gasteiger partial charge in [0.1, 0.15) is 0 Å². The molecule has 0 unspecified atom stereocenters. The highest BCUT2D eigenvalue weighted by atomic mass is 32.2. The van der Waals surface area contributed by atoms with Gasteiger partial charge in [-0.25, -0.2) is 0 Å². The van der Waals surface area contributed by atoms with Crippen molar-refractivity contribution in [1.82, 2.24) is 0 Å². The molecule has 0 spiro atoms. The fraction of sp³-hybridized carbons (Fsp3) is 0.0909. The van der Waals surface area contributed by atoms with Crippen molar-refractivity contribution in [2.45, 2.75) is 6.92 Å². The van der Waals surface area contributed by atoms with E-state index in [2.05, 4.69) is 6.58 Å². The minimum Gasteiger partial charge on any atom is -0.365 e. The van der Waals surface area contributed by atoms with Crippen LogP contribution >= 0.6 is 11.8 Å². The van der Waals surface area contributed by atoms with Crippen LogP contribution in [-0.4, -0.2) is 11.5 Å². The van der Waals surface area contributed by atoms with E-state index >= 15 is 0 Å². The van der Waals surface area contributed by atoms with Crippen LogP contribution in [0.15, 0.2) is 47.4 Å². The SMILES string of the molecule is C=C\C=C/C=C(C)/C=C(\SC=O)C(N)=O. The highest BCUT2D eigenvalue weighted by molar-refractivity contribution is 8.16. The van der Waals surface area contributed by atoms with Gasteiger partial charge in [-0.05, 0) is 30.3 Å². The highest BCUT2D eigenvalue weighted by Gasteiger charge is 2.04. The Morgan fingerprint density at radius 2 is 2.07 bits per heavy atom. The third-order valence-corrected chi connectivity index (χ3v) is 2.05. The lowest BCUT2D eigenvalue weighted by atomic mass is 10.2. The molecule has 80 valence electrons. The maximum Gasteiger partial charge on any atom is 0.255 e. The molecule has 3 nitrogen and oxygen atoms in total. The number of amides is 1. The van der Waals surface area contributed by atoms with Gasteiger partial charge in [0.2, 0.25) is 0 Å². The summed E-state index contributed by atoms with van der Waals surface area (Å²) in [6, 6.07) is 0. The van der Waals surface area contributed by atoms with Crippen LogP contribution in [-0.2, 0) is 9.59 Å². The van der Waals surface area contributed by atoms with E-state index in [1.54, 1.807) is 30.4 Å². The van der Waals surface area contributed by atoms with Gasteiger partial charge in [0.05, 0.1) is 4.91 Å². The normalized spacial score (nSPS) is 12.9. The van der Waals surface area contributed by atoms with E-state index in [1.807, 2.05) is 6.92 Å². The Hall–Kier alpha value is -1.55. The molecule has 0 heterocycles. The lowest BCUT2D eigenvalue weighted by Gasteiger charge is -1.96. The number of allylic oxidation sites excluding steroid dienone is 6. The molecule has 0 aliphatic rings. The molecule has 1 amide bonds. The molecule has 0 atom stereocenters. The largest absolute Gasteiger partial charge is 0.365 e. The molecular formula is C11H13NO2S. The summed E-state index contributed by atoms with van der Waals surface area (Å²) in [4.78, 5) is 21.3. The Kier molecular flexibility index (Phi) is 7.01. The second-order valence-electron chi connectivity index (χ2n) is 2.62. The Labute approximate surface area is 93.4 Å². The van der Waals surface area contributed by atoms with Gasteiger partial charge in [-0.15, -0.1) is 0 Å². The molecule has 0 aromatic rings. The van der Waals surface area contributed by atoms with Gasteiger partial charge in [0.25, 0.3) is 5.91 Å². The highest BCUT2D eigenvalue weighted by Crippen LogP contribution is 2.14. The molecule has 0 saturated carbocycles. The summed E-state index contributed by atoms with van der Waals surface area (Å²) < 4.78 is 0. The van der Waals surface area contributed by atoms with Gasteiger partial charge in [-0.3, -0.25) is 9.59 Å². The van der Waals surface area contributed by atoms with E-state index in [0.717, 1.165) is 17.3 Å². The van der Waals surface area contributed by atoms with Crippen molar-refractivity contribution >= 4 is 23.3 Å². The number of rotatable bonds is 6. The molecule has 0 aromatic carbocycles. The van der Waals surface area contributed by atoms with E-state index in [9.17, 15) is 9.59 Å². The maximum atomic E-state index is 10.9. The number of hydrogen-bond donors (Lipinski definition) is 1. The number of thioether (sulfide) groups is 1. The minimum atomic E-state index is -0.604. The Bertz CT molecular complexity index is 340. The van der Waals surface area contributed by atoms with Gasteiger partial charge in [0.15, 0.2) is 5.62 Å². The first-order valence-corrected chi connectivity index (χ1v) is 5.07. The molecule has 4 heteroatoms. The summed E-state index contributed by atoms with van der Waals surface area (Å²) in [5, 5.41) is 0. The predicted molar refractivity (Wildman–Crippen MR) is 64.7 cm³/mol. The average molecular weight is 223 g/mol. The van der Waals surface area contributed by atoms with Crippen LogP contribution in [0.25, 0.3) is 0 Å². The van der Waals surface area contributed by atoms with Crippen molar-refractivity contribution in [3.05, 3.63) is 47.4 Å². The molecule has 0 aliphatic carbocycles. The summed E-state index contributed by atoms with van der Waals surface area (Å²) in [6.45, 7) is 5.33. The van der Waals surface area contributed by atoms with E-state index in [0.29, 0.717) is 5.62 Å². The second-order valence-corrected chi connectivity index (χ2v) is 3.49. The summed E-state index contributed by atoms with van der Waals surface area (Å²) in [5.41, 5.74) is 6.48. The monoisotopic (exact) mass is 223 g/mol. The Morgan fingerprint density at radius 1 is 1.40 bits per heavy atom. The number of primary amides is 1. The summed E-state index contributed by atoms with van der Waals surface area (Å²) in [6.07, 6.45) is 8.53. The van der Waals surface area contributed by atoms with Crippen molar-refractivity contribution in [1.29, 1.82) is 0 Å². The Morgan fingerprint density at radius 3 is 2.53 bits per heavy atom. The topological polar surface area (TPSA) is 60.2 Å². The van der Waals surface area contributed by atoms with Crippen molar-refractivity contribution in [2.24, 2.45) is 5.73 Å². The molecule has 0 bridgehead atoms. The summed E-state index contributed by atoms with van der Waals surface area (Å²) >= 11 is 0.773.